The van der Waals surface area contributed by atoms with E-state index in [1.165, 1.54) is 0 Å². The third kappa shape index (κ3) is 2.87. The van der Waals surface area contributed by atoms with E-state index in [0.717, 1.165) is 15.6 Å². The molecule has 0 amide bonds. The van der Waals surface area contributed by atoms with Crippen molar-refractivity contribution >= 4 is 11.8 Å². The lowest BCUT2D eigenvalue weighted by molar-refractivity contribution is 0.194. The highest BCUT2D eigenvalue weighted by atomic mass is 32.2. The molecule has 0 saturated heterocycles. The summed E-state index contributed by atoms with van der Waals surface area (Å²) in [6, 6.07) is 5.84. The summed E-state index contributed by atoms with van der Waals surface area (Å²) < 4.78 is 1.85. The van der Waals surface area contributed by atoms with Crippen LogP contribution in [0.25, 0.3) is 0 Å². The molecule has 90 valence electrons. The van der Waals surface area contributed by atoms with Gasteiger partial charge in [0.2, 0.25) is 0 Å². The second-order valence-corrected chi connectivity index (χ2v) is 5.04. The highest BCUT2D eigenvalue weighted by Crippen LogP contribution is 2.27. The molecule has 0 aliphatic heterocycles. The second-order valence-electron chi connectivity index (χ2n) is 3.94. The van der Waals surface area contributed by atoms with Crippen LogP contribution in [0.3, 0.4) is 0 Å². The van der Waals surface area contributed by atoms with E-state index in [1.54, 1.807) is 24.9 Å². The van der Waals surface area contributed by atoms with Gasteiger partial charge in [-0.1, -0.05) is 11.8 Å². The quantitative estimate of drug-likeness (QED) is 0.907. The maximum absolute atomic E-state index is 9.37. The molecule has 1 atom stereocenters. The topological polar surface area (TPSA) is 50.9 Å². The molecule has 0 aliphatic rings. The Hall–Kier alpha value is -1.33. The van der Waals surface area contributed by atoms with E-state index in [1.807, 2.05) is 36.9 Å². The minimum atomic E-state index is -0.520. The highest BCUT2D eigenvalue weighted by molar-refractivity contribution is 7.99. The van der Waals surface area contributed by atoms with Gasteiger partial charge in [-0.05, 0) is 32.0 Å². The van der Waals surface area contributed by atoms with Crippen LogP contribution in [0.5, 0.6) is 0 Å². The fraction of sp³-hybridized carbons (Fsp3) is 0.333. The molecule has 2 aromatic heterocycles. The molecule has 2 heterocycles. The number of hydrogen-bond donors (Lipinski definition) is 1. The number of aromatic nitrogens is 3. The average Bonchev–Trinajstić information content (AvgIpc) is 2.58. The summed E-state index contributed by atoms with van der Waals surface area (Å²) in [5, 5.41) is 14.7. The van der Waals surface area contributed by atoms with Crippen LogP contribution < -0.4 is 0 Å². The van der Waals surface area contributed by atoms with E-state index < -0.39 is 6.10 Å². The largest absolute Gasteiger partial charge is 0.387 e. The van der Waals surface area contributed by atoms with Crippen molar-refractivity contribution in [2.24, 2.45) is 7.05 Å². The van der Waals surface area contributed by atoms with Crippen molar-refractivity contribution in [2.75, 3.05) is 0 Å². The maximum atomic E-state index is 9.37. The van der Waals surface area contributed by atoms with Gasteiger partial charge in [0.25, 0.3) is 0 Å². The van der Waals surface area contributed by atoms with Crippen molar-refractivity contribution in [1.82, 2.24) is 14.8 Å². The molecular weight excluding hydrogens is 234 g/mol. The summed E-state index contributed by atoms with van der Waals surface area (Å²) in [6.07, 6.45) is 1.25. The molecular formula is C12H15N3OS. The molecule has 0 fully saturated rings. The summed E-state index contributed by atoms with van der Waals surface area (Å²) in [5.41, 5.74) is 1.69. The van der Waals surface area contributed by atoms with Gasteiger partial charge < -0.3 is 5.11 Å². The van der Waals surface area contributed by atoms with Crippen LogP contribution in [0.2, 0.25) is 0 Å². The van der Waals surface area contributed by atoms with Gasteiger partial charge in [0.15, 0.2) is 0 Å². The third-order valence-corrected chi connectivity index (χ3v) is 3.44. The number of nitrogens with zero attached hydrogens (tertiary/aromatic N) is 3. The van der Waals surface area contributed by atoms with Gasteiger partial charge in [-0.3, -0.25) is 9.67 Å². The Morgan fingerprint density at radius 2 is 2.18 bits per heavy atom. The zero-order chi connectivity index (χ0) is 12.4. The van der Waals surface area contributed by atoms with E-state index in [2.05, 4.69) is 10.1 Å². The monoisotopic (exact) mass is 249 g/mol. The predicted molar refractivity (Wildman–Crippen MR) is 66.9 cm³/mol. The van der Waals surface area contributed by atoms with Crippen molar-refractivity contribution in [3.05, 3.63) is 35.8 Å². The van der Waals surface area contributed by atoms with Gasteiger partial charge in [-0.25, -0.2) is 0 Å². The van der Waals surface area contributed by atoms with Crippen molar-refractivity contribution < 1.29 is 5.11 Å². The van der Waals surface area contributed by atoms with Crippen molar-refractivity contribution in [3.8, 4) is 0 Å². The summed E-state index contributed by atoms with van der Waals surface area (Å²) >= 11 is 1.61. The number of rotatable bonds is 3. The van der Waals surface area contributed by atoms with Crippen LogP contribution in [0.4, 0.5) is 0 Å². The molecule has 0 bridgehead atoms. The van der Waals surface area contributed by atoms with Crippen LogP contribution in [-0.4, -0.2) is 19.9 Å². The summed E-state index contributed by atoms with van der Waals surface area (Å²) in [5.74, 6) is 0. The molecule has 1 unspecified atom stereocenters. The lowest BCUT2D eigenvalue weighted by Crippen LogP contribution is -1.95. The van der Waals surface area contributed by atoms with Gasteiger partial charge in [-0.15, -0.1) is 0 Å². The molecule has 2 aromatic rings. The first-order valence-electron chi connectivity index (χ1n) is 5.39. The molecule has 0 aliphatic carbocycles. The van der Waals surface area contributed by atoms with Crippen molar-refractivity contribution in [2.45, 2.75) is 29.9 Å². The zero-order valence-electron chi connectivity index (χ0n) is 10.1. The second kappa shape index (κ2) is 4.89. The molecule has 0 aromatic carbocycles. The Kier molecular flexibility index (Phi) is 3.49. The average molecular weight is 249 g/mol. The van der Waals surface area contributed by atoms with E-state index in [-0.39, 0.29) is 0 Å². The number of aliphatic hydroxyl groups excluding tert-OH is 1. The Bertz CT molecular complexity index is 505. The SMILES string of the molecule is Cc1cc(Sc2ccc(C(C)O)nc2)n(C)n1. The standard InChI is InChI=1S/C12H15N3OS/c1-8-6-12(15(3)14-8)17-10-4-5-11(9(2)16)13-7-10/h4-7,9,16H,1-3H3. The van der Waals surface area contributed by atoms with Gasteiger partial charge in [0.1, 0.15) is 0 Å². The number of aryl methyl sites for hydroxylation is 2. The summed E-state index contributed by atoms with van der Waals surface area (Å²) in [7, 11) is 1.92. The first kappa shape index (κ1) is 12.1. The van der Waals surface area contributed by atoms with Gasteiger partial charge >= 0.3 is 0 Å². The van der Waals surface area contributed by atoms with Crippen LogP contribution >= 0.6 is 11.8 Å². The molecule has 2 rings (SSSR count). The van der Waals surface area contributed by atoms with E-state index >= 15 is 0 Å². The smallest absolute Gasteiger partial charge is 0.0987 e. The van der Waals surface area contributed by atoms with Crippen LogP contribution in [0.1, 0.15) is 24.4 Å². The lowest BCUT2D eigenvalue weighted by atomic mass is 10.2. The number of aliphatic hydroxyl groups is 1. The van der Waals surface area contributed by atoms with Gasteiger partial charge in [0, 0.05) is 18.1 Å². The lowest BCUT2D eigenvalue weighted by Gasteiger charge is -2.05. The summed E-state index contributed by atoms with van der Waals surface area (Å²) in [4.78, 5) is 5.25. The zero-order valence-corrected chi connectivity index (χ0v) is 10.9. The number of pyridine rings is 1. The Morgan fingerprint density at radius 1 is 1.41 bits per heavy atom. The minimum absolute atomic E-state index is 0.520. The molecule has 5 heteroatoms. The maximum Gasteiger partial charge on any atom is 0.0987 e. The van der Waals surface area contributed by atoms with E-state index in [4.69, 9.17) is 0 Å². The molecule has 1 N–H and O–H groups in total. The molecule has 4 nitrogen and oxygen atoms in total. The van der Waals surface area contributed by atoms with Gasteiger partial charge in [-0.2, -0.15) is 5.10 Å². The Balaban J connectivity index is 2.16. The molecule has 0 spiro atoms. The summed E-state index contributed by atoms with van der Waals surface area (Å²) in [6.45, 7) is 3.68. The first-order valence-corrected chi connectivity index (χ1v) is 6.20. The normalized spacial score (nSPS) is 12.7. The number of hydrogen-bond acceptors (Lipinski definition) is 4. The predicted octanol–water partition coefficient (Wildman–Crippen LogP) is 2.33. The molecule has 0 saturated carbocycles. The minimum Gasteiger partial charge on any atom is -0.387 e. The van der Waals surface area contributed by atoms with E-state index in [0.29, 0.717) is 5.69 Å². The molecule has 0 radical (unpaired) electrons. The molecule has 17 heavy (non-hydrogen) atoms. The van der Waals surface area contributed by atoms with Crippen LogP contribution in [0, 0.1) is 6.92 Å². The van der Waals surface area contributed by atoms with Crippen molar-refractivity contribution in [1.29, 1.82) is 0 Å². The third-order valence-electron chi connectivity index (χ3n) is 2.37. The van der Waals surface area contributed by atoms with Crippen molar-refractivity contribution in [3.63, 3.8) is 0 Å². The highest BCUT2D eigenvalue weighted by Gasteiger charge is 2.06. The van der Waals surface area contributed by atoms with Crippen LogP contribution in [-0.2, 0) is 7.05 Å². The fourth-order valence-electron chi connectivity index (χ4n) is 1.50. The van der Waals surface area contributed by atoms with Gasteiger partial charge in [0.05, 0.1) is 22.5 Å². The van der Waals surface area contributed by atoms with E-state index in [9.17, 15) is 5.11 Å². The Morgan fingerprint density at radius 3 is 2.65 bits per heavy atom. The fourth-order valence-corrected chi connectivity index (χ4v) is 2.39. The Labute approximate surface area is 105 Å². The first-order chi connectivity index (χ1) is 8.06. The van der Waals surface area contributed by atoms with Crippen LogP contribution in [0.15, 0.2) is 34.3 Å².